The molecule has 9 N–H and O–H groups in total. The molecule has 1 amide bonds. The molecule has 0 bridgehead atoms. The van der Waals surface area contributed by atoms with Gasteiger partial charge in [-0.05, 0) is 64.2 Å². The molecule has 0 spiro atoms. The maximum Gasteiger partial charge on any atom is 0.220 e. The topological polar surface area (TPSA) is 228 Å². The fraction of sp³-hybridized carbons (Fsp3) is 0.855. The molecule has 76 heavy (non-hydrogen) atoms. The van der Waals surface area contributed by atoms with Crippen LogP contribution < -0.4 is 5.32 Å². The van der Waals surface area contributed by atoms with Gasteiger partial charge in [0.1, 0.15) is 48.8 Å². The van der Waals surface area contributed by atoms with E-state index in [-0.39, 0.29) is 18.9 Å². The zero-order valence-electron chi connectivity index (χ0n) is 47.7. The summed E-state index contributed by atoms with van der Waals surface area (Å²) >= 11 is 0. The smallest absolute Gasteiger partial charge is 0.220 e. The summed E-state index contributed by atoms with van der Waals surface area (Å²) in [5, 5.41) is 87.1. The fourth-order valence-corrected chi connectivity index (χ4v) is 9.99. The Morgan fingerprint density at radius 3 is 1.37 bits per heavy atom. The quantitative estimate of drug-likeness (QED) is 0.0204. The second-order valence-corrected chi connectivity index (χ2v) is 21.8. The third-order valence-corrected chi connectivity index (χ3v) is 15.0. The van der Waals surface area contributed by atoms with Gasteiger partial charge in [0.15, 0.2) is 12.6 Å². The molecule has 12 atom stereocenters. The Morgan fingerprint density at radius 2 is 0.882 bits per heavy atom. The summed E-state index contributed by atoms with van der Waals surface area (Å²) in [6.07, 6.45) is 42.9. The highest BCUT2D eigenvalue weighted by molar-refractivity contribution is 5.76. The van der Waals surface area contributed by atoms with Crippen LogP contribution >= 0.6 is 0 Å². The van der Waals surface area contributed by atoms with Gasteiger partial charge in [-0.2, -0.15) is 0 Å². The number of ether oxygens (including phenoxy) is 4. The highest BCUT2D eigenvalue weighted by Gasteiger charge is 2.51. The molecule has 0 radical (unpaired) electrons. The van der Waals surface area contributed by atoms with Gasteiger partial charge in [-0.15, -0.1) is 0 Å². The molecule has 2 fully saturated rings. The van der Waals surface area contributed by atoms with Crippen molar-refractivity contribution in [1.29, 1.82) is 0 Å². The van der Waals surface area contributed by atoms with Gasteiger partial charge < -0.3 is 65.1 Å². The van der Waals surface area contributed by atoms with Crippen molar-refractivity contribution in [2.75, 3.05) is 19.8 Å². The van der Waals surface area contributed by atoms with Gasteiger partial charge >= 0.3 is 0 Å². The average molecular weight is 1080 g/mol. The summed E-state index contributed by atoms with van der Waals surface area (Å²) < 4.78 is 22.8. The number of unbranched alkanes of at least 4 members (excludes halogenated alkanes) is 30. The number of nitrogens with one attached hydrogen (secondary N) is 1. The van der Waals surface area contributed by atoms with Gasteiger partial charge in [0, 0.05) is 6.42 Å². The minimum absolute atomic E-state index is 0.249. The fourth-order valence-electron chi connectivity index (χ4n) is 9.99. The predicted molar refractivity (Wildman–Crippen MR) is 304 cm³/mol. The molecular weight excluding hydrogens is 967 g/mol. The summed E-state index contributed by atoms with van der Waals surface area (Å²) in [5.74, 6) is -0.249. The van der Waals surface area contributed by atoms with Crippen molar-refractivity contribution in [1.82, 2.24) is 5.32 Å². The maximum absolute atomic E-state index is 13.3. The Kier molecular flexibility index (Phi) is 44.0. The number of carbonyl (C=O) groups is 1. The molecule has 14 nitrogen and oxygen atoms in total. The van der Waals surface area contributed by atoms with E-state index < -0.39 is 86.8 Å². The highest BCUT2D eigenvalue weighted by atomic mass is 16.7. The minimum atomic E-state index is -1.79. The number of hydrogen-bond donors (Lipinski definition) is 9. The lowest BCUT2D eigenvalue weighted by Gasteiger charge is -2.46. The van der Waals surface area contributed by atoms with Crippen LogP contribution in [0.2, 0.25) is 0 Å². The van der Waals surface area contributed by atoms with Crippen LogP contribution in [0.1, 0.15) is 245 Å². The lowest BCUT2D eigenvalue weighted by molar-refractivity contribution is -0.359. The third kappa shape index (κ3) is 32.9. The summed E-state index contributed by atoms with van der Waals surface area (Å²) in [6, 6.07) is -0.932. The molecule has 0 aliphatic carbocycles. The minimum Gasteiger partial charge on any atom is -0.394 e. The Morgan fingerprint density at radius 1 is 0.474 bits per heavy atom. The average Bonchev–Trinajstić information content (AvgIpc) is 3.42. The van der Waals surface area contributed by atoms with Crippen LogP contribution in [0.3, 0.4) is 0 Å². The molecule has 2 aliphatic heterocycles. The van der Waals surface area contributed by atoms with Crippen molar-refractivity contribution in [3.8, 4) is 0 Å². The molecule has 2 saturated heterocycles. The molecule has 0 saturated carbocycles. The number of allylic oxidation sites excluding steroid dienone is 7. The van der Waals surface area contributed by atoms with Crippen LogP contribution in [0.15, 0.2) is 48.6 Å². The Balaban J connectivity index is 1.75. The van der Waals surface area contributed by atoms with E-state index in [1.54, 1.807) is 6.08 Å². The SMILES string of the molecule is CCCCCCC/C=C\C/C=C\CCCCCCCCCCCCCCCC(=O)NC(COC1OC(CO)C(OC2OC(CO)C(O)C(O)C2O)C(O)C1O)C(O)/C=C/CC/C=C/CCCCCCCCCCCCC. The van der Waals surface area contributed by atoms with Crippen molar-refractivity contribution in [3.05, 3.63) is 48.6 Å². The van der Waals surface area contributed by atoms with Crippen molar-refractivity contribution in [2.45, 2.75) is 319 Å². The standard InChI is InChI=1S/C62H113NO13/c1-3-5-7-9-11-13-15-17-19-21-22-23-24-25-26-27-28-30-32-34-36-38-40-42-44-46-54(67)63-50(51(66)45-43-41-39-37-35-33-31-29-20-18-16-14-12-10-8-6-4-2)49-73-61-59(72)57(70)60(53(48-65)75-61)76-62-58(71)56(69)55(68)52(47-64)74-62/h15,17,21-22,35,37,43,45,50-53,55-62,64-66,68-72H,3-14,16,18-20,23-34,36,38-42,44,46-49H2,1-2H3,(H,63,67)/b17-15-,22-21-,37-35+,45-43+. The molecule has 12 unspecified atom stereocenters. The van der Waals surface area contributed by atoms with Gasteiger partial charge in [0.25, 0.3) is 0 Å². The molecule has 444 valence electrons. The first-order valence-corrected chi connectivity index (χ1v) is 30.9. The van der Waals surface area contributed by atoms with E-state index in [4.69, 9.17) is 18.9 Å². The molecule has 0 aromatic rings. The van der Waals surface area contributed by atoms with Crippen molar-refractivity contribution >= 4 is 5.91 Å². The highest BCUT2D eigenvalue weighted by Crippen LogP contribution is 2.30. The third-order valence-electron chi connectivity index (χ3n) is 15.0. The van der Waals surface area contributed by atoms with E-state index in [2.05, 4.69) is 55.6 Å². The van der Waals surface area contributed by atoms with Crippen LogP contribution in [0, 0.1) is 0 Å². The van der Waals surface area contributed by atoms with Crippen molar-refractivity contribution < 1.29 is 64.6 Å². The lowest BCUT2D eigenvalue weighted by atomic mass is 9.97. The van der Waals surface area contributed by atoms with Crippen LogP contribution in [0.25, 0.3) is 0 Å². The summed E-state index contributed by atoms with van der Waals surface area (Å²) in [5.41, 5.74) is 0. The van der Waals surface area contributed by atoms with Crippen LogP contribution in [0.4, 0.5) is 0 Å². The second kappa shape index (κ2) is 47.7. The summed E-state index contributed by atoms with van der Waals surface area (Å²) in [4.78, 5) is 13.3. The van der Waals surface area contributed by atoms with E-state index in [1.165, 1.54) is 173 Å². The number of aliphatic hydroxyl groups excluding tert-OH is 8. The van der Waals surface area contributed by atoms with E-state index in [1.807, 2.05) is 6.08 Å². The first-order chi connectivity index (χ1) is 37.1. The number of carbonyl (C=O) groups excluding carboxylic acids is 1. The Bertz CT molecular complexity index is 1460. The molecule has 2 rings (SSSR count). The molecule has 0 aromatic carbocycles. The number of amides is 1. The van der Waals surface area contributed by atoms with E-state index in [0.717, 1.165) is 38.5 Å². The molecule has 0 aromatic heterocycles. The summed E-state index contributed by atoms with van der Waals surface area (Å²) in [7, 11) is 0. The van der Waals surface area contributed by atoms with Crippen LogP contribution in [-0.2, 0) is 23.7 Å². The molecule has 2 heterocycles. The number of hydrogen-bond acceptors (Lipinski definition) is 13. The molecule has 14 heteroatoms. The van der Waals surface area contributed by atoms with E-state index in [9.17, 15) is 45.6 Å². The van der Waals surface area contributed by atoms with Crippen LogP contribution in [-0.4, -0.2) is 140 Å². The lowest BCUT2D eigenvalue weighted by Crippen LogP contribution is -2.65. The Labute approximate surface area is 461 Å². The van der Waals surface area contributed by atoms with Gasteiger partial charge in [0.05, 0.1) is 32.0 Å². The number of aliphatic hydroxyl groups is 8. The zero-order valence-corrected chi connectivity index (χ0v) is 47.7. The van der Waals surface area contributed by atoms with Gasteiger partial charge in [-0.3, -0.25) is 4.79 Å². The zero-order chi connectivity index (χ0) is 55.3. The molecular formula is C62H113NO13. The van der Waals surface area contributed by atoms with Crippen LogP contribution in [0.5, 0.6) is 0 Å². The van der Waals surface area contributed by atoms with E-state index in [0.29, 0.717) is 12.8 Å². The van der Waals surface area contributed by atoms with Gasteiger partial charge in [-0.1, -0.05) is 223 Å². The Hall–Kier alpha value is -2.05. The van der Waals surface area contributed by atoms with Gasteiger partial charge in [0.2, 0.25) is 5.91 Å². The number of rotatable bonds is 49. The normalized spacial score (nSPS) is 25.2. The monoisotopic (exact) mass is 1080 g/mol. The molecule has 2 aliphatic rings. The van der Waals surface area contributed by atoms with Crippen molar-refractivity contribution in [3.63, 3.8) is 0 Å². The first-order valence-electron chi connectivity index (χ1n) is 30.9. The van der Waals surface area contributed by atoms with Crippen molar-refractivity contribution in [2.24, 2.45) is 0 Å². The summed E-state index contributed by atoms with van der Waals surface area (Å²) in [6.45, 7) is 2.78. The first kappa shape index (κ1) is 70.1. The van der Waals surface area contributed by atoms with Gasteiger partial charge in [-0.25, -0.2) is 0 Å². The largest absolute Gasteiger partial charge is 0.394 e. The predicted octanol–water partition coefficient (Wildman–Crippen LogP) is 10.8. The maximum atomic E-state index is 13.3. The second-order valence-electron chi connectivity index (χ2n) is 21.8. The van der Waals surface area contributed by atoms with E-state index >= 15 is 0 Å².